The Morgan fingerprint density at radius 1 is 1.06 bits per heavy atom. The molecule has 0 spiro atoms. The van der Waals surface area contributed by atoms with Gasteiger partial charge in [0.15, 0.2) is 30.5 Å². The second kappa shape index (κ2) is 11.9. The van der Waals surface area contributed by atoms with E-state index in [-0.39, 0.29) is 35.4 Å². The summed E-state index contributed by atoms with van der Waals surface area (Å²) in [6.45, 7) is 2.39. The molecule has 1 aromatic carbocycles. The standard InChI is InChI=1S/C21H28N2O8/c1-13(14-4-6-22-7-5-14)8-19(25)23-10-16(24)15-2-3-17(30-11-20(26)27)18(9-15)31-12-21(28)29/h2-3,9,13-14,22H,4-8,10-12H2,1H3,(H,23,25)(H,26,27)(H,28,29). The number of benzene rings is 1. The van der Waals surface area contributed by atoms with Crippen molar-refractivity contribution in [3.63, 3.8) is 0 Å². The van der Waals surface area contributed by atoms with Crippen LogP contribution in [0.1, 0.15) is 36.5 Å². The number of nitrogens with one attached hydrogen (secondary N) is 2. The molecule has 0 aliphatic carbocycles. The lowest BCUT2D eigenvalue weighted by atomic mass is 9.84. The van der Waals surface area contributed by atoms with Gasteiger partial charge in [-0.1, -0.05) is 6.92 Å². The maximum absolute atomic E-state index is 12.5. The zero-order chi connectivity index (χ0) is 22.8. The normalized spacial score (nSPS) is 15.0. The maximum atomic E-state index is 12.5. The minimum atomic E-state index is -1.24. The fourth-order valence-corrected chi connectivity index (χ4v) is 3.42. The van der Waals surface area contributed by atoms with Gasteiger partial charge in [-0.2, -0.15) is 0 Å². The third-order valence-corrected chi connectivity index (χ3v) is 5.11. The van der Waals surface area contributed by atoms with Crippen molar-refractivity contribution in [2.45, 2.75) is 26.2 Å². The molecule has 4 N–H and O–H groups in total. The largest absolute Gasteiger partial charge is 0.479 e. The van der Waals surface area contributed by atoms with Crippen molar-refractivity contribution in [1.29, 1.82) is 0 Å². The van der Waals surface area contributed by atoms with E-state index in [1.165, 1.54) is 18.2 Å². The lowest BCUT2D eigenvalue weighted by Crippen LogP contribution is -2.35. The predicted octanol–water partition coefficient (Wildman–Crippen LogP) is 0.938. The number of hydrogen-bond acceptors (Lipinski definition) is 7. The van der Waals surface area contributed by atoms with Crippen molar-refractivity contribution < 1.29 is 38.9 Å². The SMILES string of the molecule is CC(CC(=O)NCC(=O)c1ccc(OCC(=O)O)c(OCC(=O)O)c1)C1CCNCC1. The van der Waals surface area contributed by atoms with Crippen molar-refractivity contribution in [3.05, 3.63) is 23.8 Å². The molecule has 10 nitrogen and oxygen atoms in total. The molecule has 0 aromatic heterocycles. The Morgan fingerprint density at radius 2 is 1.68 bits per heavy atom. The number of amides is 1. The first-order valence-electron chi connectivity index (χ1n) is 10.1. The summed E-state index contributed by atoms with van der Waals surface area (Å²) in [5.74, 6) is -2.42. The van der Waals surface area contributed by atoms with Crippen LogP contribution in [-0.2, 0) is 14.4 Å². The molecule has 1 fully saturated rings. The van der Waals surface area contributed by atoms with Crippen LogP contribution in [0.4, 0.5) is 0 Å². The number of carboxylic acid groups (broad SMARTS) is 2. The van der Waals surface area contributed by atoms with Gasteiger partial charge in [0.05, 0.1) is 6.54 Å². The zero-order valence-electron chi connectivity index (χ0n) is 17.4. The number of piperidine rings is 1. The molecular formula is C21H28N2O8. The summed E-state index contributed by atoms with van der Waals surface area (Å²) in [6, 6.07) is 4.00. The molecule has 1 saturated heterocycles. The number of carbonyl (C=O) groups is 4. The smallest absolute Gasteiger partial charge is 0.341 e. The minimum absolute atomic E-state index is 0.0000297. The number of hydrogen-bond donors (Lipinski definition) is 4. The van der Waals surface area contributed by atoms with E-state index in [0.29, 0.717) is 12.3 Å². The molecule has 0 bridgehead atoms. The average molecular weight is 436 g/mol. The van der Waals surface area contributed by atoms with Crippen molar-refractivity contribution in [3.8, 4) is 11.5 Å². The van der Waals surface area contributed by atoms with E-state index in [4.69, 9.17) is 19.7 Å². The van der Waals surface area contributed by atoms with Gasteiger partial charge in [0.25, 0.3) is 0 Å². The highest BCUT2D eigenvalue weighted by Gasteiger charge is 2.22. The summed E-state index contributed by atoms with van der Waals surface area (Å²) in [5, 5.41) is 23.5. The van der Waals surface area contributed by atoms with Crippen molar-refractivity contribution in [2.24, 2.45) is 11.8 Å². The molecule has 1 aromatic rings. The molecule has 1 heterocycles. The van der Waals surface area contributed by atoms with Crippen molar-refractivity contribution >= 4 is 23.6 Å². The predicted molar refractivity (Wildman–Crippen MR) is 109 cm³/mol. The summed E-state index contributed by atoms with van der Waals surface area (Å²) >= 11 is 0. The molecule has 1 unspecified atom stereocenters. The number of ketones is 1. The summed E-state index contributed by atoms with van der Waals surface area (Å²) in [6.07, 6.45) is 2.40. The highest BCUT2D eigenvalue weighted by molar-refractivity contribution is 5.99. The molecule has 1 aliphatic rings. The third kappa shape index (κ3) is 8.25. The van der Waals surface area contributed by atoms with E-state index in [1.54, 1.807) is 0 Å². The summed E-state index contributed by atoms with van der Waals surface area (Å²) in [7, 11) is 0. The molecule has 10 heteroatoms. The molecule has 1 amide bonds. The van der Waals surface area contributed by atoms with Crippen LogP contribution in [0, 0.1) is 11.8 Å². The number of carbonyl (C=O) groups excluding carboxylic acids is 2. The van der Waals surface area contributed by atoms with Crippen LogP contribution in [-0.4, -0.2) is 66.7 Å². The summed E-state index contributed by atoms with van der Waals surface area (Å²) < 4.78 is 10.2. The topological polar surface area (TPSA) is 151 Å². The molecule has 31 heavy (non-hydrogen) atoms. The Hall–Kier alpha value is -3.14. The van der Waals surface area contributed by atoms with Gasteiger partial charge in [0.2, 0.25) is 5.91 Å². The van der Waals surface area contributed by atoms with Crippen LogP contribution in [0.15, 0.2) is 18.2 Å². The van der Waals surface area contributed by atoms with E-state index in [9.17, 15) is 19.2 Å². The first-order chi connectivity index (χ1) is 14.8. The minimum Gasteiger partial charge on any atom is -0.479 e. The van der Waals surface area contributed by atoms with E-state index in [0.717, 1.165) is 25.9 Å². The van der Waals surface area contributed by atoms with Crippen LogP contribution in [0.2, 0.25) is 0 Å². The van der Waals surface area contributed by atoms with Crippen LogP contribution < -0.4 is 20.1 Å². The van der Waals surface area contributed by atoms with Gasteiger partial charge >= 0.3 is 11.9 Å². The lowest BCUT2D eigenvalue weighted by molar-refractivity contribution is -0.140. The Bertz CT molecular complexity index is 805. The van der Waals surface area contributed by atoms with Gasteiger partial charge in [0.1, 0.15) is 0 Å². The molecule has 170 valence electrons. The van der Waals surface area contributed by atoms with E-state index in [1.807, 2.05) is 6.92 Å². The summed E-state index contributed by atoms with van der Waals surface area (Å²) in [5.41, 5.74) is 0.176. The van der Waals surface area contributed by atoms with Crippen molar-refractivity contribution in [1.82, 2.24) is 10.6 Å². The molecule has 2 rings (SSSR count). The fourth-order valence-electron chi connectivity index (χ4n) is 3.42. The quantitative estimate of drug-likeness (QED) is 0.351. The lowest BCUT2D eigenvalue weighted by Gasteiger charge is -2.27. The van der Waals surface area contributed by atoms with E-state index < -0.39 is 30.9 Å². The number of aliphatic carboxylic acids is 2. The highest BCUT2D eigenvalue weighted by atomic mass is 16.5. The van der Waals surface area contributed by atoms with Gasteiger partial charge in [-0.05, 0) is 56.0 Å². The second-order valence-corrected chi connectivity index (χ2v) is 7.50. The molecule has 0 saturated carbocycles. The van der Waals surface area contributed by atoms with Crippen LogP contribution in [0.5, 0.6) is 11.5 Å². The highest BCUT2D eigenvalue weighted by Crippen LogP contribution is 2.29. The average Bonchev–Trinajstić information content (AvgIpc) is 2.75. The fraction of sp³-hybridized carbons (Fsp3) is 0.524. The van der Waals surface area contributed by atoms with E-state index in [2.05, 4.69) is 10.6 Å². The Labute approximate surface area is 179 Å². The molecular weight excluding hydrogens is 408 g/mol. The van der Waals surface area contributed by atoms with Gasteiger partial charge in [-0.15, -0.1) is 0 Å². The second-order valence-electron chi connectivity index (χ2n) is 7.50. The Kier molecular flexibility index (Phi) is 9.26. The van der Waals surface area contributed by atoms with Gasteiger partial charge in [-0.25, -0.2) is 9.59 Å². The maximum Gasteiger partial charge on any atom is 0.341 e. The van der Waals surface area contributed by atoms with Gasteiger partial charge in [0, 0.05) is 12.0 Å². The third-order valence-electron chi connectivity index (χ3n) is 5.11. The van der Waals surface area contributed by atoms with Gasteiger partial charge < -0.3 is 30.3 Å². The van der Waals surface area contributed by atoms with Gasteiger partial charge in [-0.3, -0.25) is 9.59 Å². The number of Topliss-reactive ketones (excluding diaryl/α,β-unsaturated/α-hetero) is 1. The first kappa shape index (κ1) is 24.1. The first-order valence-corrected chi connectivity index (χ1v) is 10.1. The number of rotatable bonds is 12. The number of carboxylic acids is 2. The van der Waals surface area contributed by atoms with Crippen LogP contribution in [0.3, 0.4) is 0 Å². The summed E-state index contributed by atoms with van der Waals surface area (Å²) in [4.78, 5) is 46.2. The molecule has 0 radical (unpaired) electrons. The van der Waals surface area contributed by atoms with Crippen molar-refractivity contribution in [2.75, 3.05) is 32.8 Å². The Morgan fingerprint density at radius 3 is 2.29 bits per heavy atom. The van der Waals surface area contributed by atoms with E-state index >= 15 is 0 Å². The van der Waals surface area contributed by atoms with Crippen LogP contribution >= 0.6 is 0 Å². The monoisotopic (exact) mass is 436 g/mol. The molecule has 1 atom stereocenters. The zero-order valence-corrected chi connectivity index (χ0v) is 17.4. The van der Waals surface area contributed by atoms with Crippen LogP contribution in [0.25, 0.3) is 0 Å². The number of ether oxygens (including phenoxy) is 2. The Balaban J connectivity index is 1.94. The molecule has 1 aliphatic heterocycles.